The Balaban J connectivity index is 1.75. The Labute approximate surface area is 127 Å². The number of rotatable bonds is 3. The summed E-state index contributed by atoms with van der Waals surface area (Å²) in [6, 6.07) is 10.1. The van der Waals surface area contributed by atoms with Crippen LogP contribution in [0.2, 0.25) is 0 Å². The summed E-state index contributed by atoms with van der Waals surface area (Å²) in [7, 11) is 0. The number of hydrogen-bond donors (Lipinski definition) is 1. The lowest BCUT2D eigenvalue weighted by Gasteiger charge is -2.14. The molecule has 5 heteroatoms. The Morgan fingerprint density at radius 1 is 1.29 bits per heavy atom. The number of carbonyl (C=O) groups is 1. The summed E-state index contributed by atoms with van der Waals surface area (Å²) >= 11 is 1.45. The van der Waals surface area contributed by atoms with E-state index < -0.39 is 0 Å². The molecule has 1 aliphatic heterocycles. The zero-order valence-electron chi connectivity index (χ0n) is 11.6. The van der Waals surface area contributed by atoms with Crippen molar-refractivity contribution in [2.75, 3.05) is 19.6 Å². The van der Waals surface area contributed by atoms with Crippen LogP contribution in [0.15, 0.2) is 36.4 Å². The Morgan fingerprint density at radius 2 is 2.05 bits per heavy atom. The summed E-state index contributed by atoms with van der Waals surface area (Å²) < 4.78 is 12.9. The number of nitrogens with two attached hydrogens (primary N) is 1. The fourth-order valence-electron chi connectivity index (χ4n) is 2.59. The summed E-state index contributed by atoms with van der Waals surface area (Å²) in [4.78, 5) is 16.0. The van der Waals surface area contributed by atoms with E-state index in [1.165, 1.54) is 23.5 Å². The average molecular weight is 304 g/mol. The first kappa shape index (κ1) is 14.2. The maximum atomic E-state index is 12.9. The van der Waals surface area contributed by atoms with Gasteiger partial charge in [-0.1, -0.05) is 12.1 Å². The highest BCUT2D eigenvalue weighted by atomic mass is 32.1. The third-order valence-corrected chi connectivity index (χ3v) is 4.97. The van der Waals surface area contributed by atoms with Gasteiger partial charge in [-0.05, 0) is 48.7 Å². The number of halogens is 1. The molecular formula is C16H17FN2OS. The van der Waals surface area contributed by atoms with E-state index in [-0.39, 0.29) is 11.7 Å². The van der Waals surface area contributed by atoms with Crippen LogP contribution in [0.1, 0.15) is 16.1 Å². The highest BCUT2D eigenvalue weighted by molar-refractivity contribution is 7.17. The van der Waals surface area contributed by atoms with Crippen molar-refractivity contribution in [1.29, 1.82) is 0 Å². The summed E-state index contributed by atoms with van der Waals surface area (Å²) in [6.07, 6.45) is 0.985. The van der Waals surface area contributed by atoms with Crippen LogP contribution < -0.4 is 5.73 Å². The molecule has 0 bridgehead atoms. The van der Waals surface area contributed by atoms with Crippen LogP contribution in [0.4, 0.5) is 4.39 Å². The van der Waals surface area contributed by atoms with Crippen LogP contribution in [0.3, 0.4) is 0 Å². The average Bonchev–Trinajstić information content (AvgIpc) is 3.16. The van der Waals surface area contributed by atoms with Crippen molar-refractivity contribution in [3.63, 3.8) is 0 Å². The molecule has 2 aromatic rings. The van der Waals surface area contributed by atoms with Crippen LogP contribution in [0.5, 0.6) is 0 Å². The van der Waals surface area contributed by atoms with Crippen LogP contribution in [-0.4, -0.2) is 30.4 Å². The molecule has 2 N–H and O–H groups in total. The Morgan fingerprint density at radius 3 is 2.71 bits per heavy atom. The summed E-state index contributed by atoms with van der Waals surface area (Å²) in [5.74, 6) is 0.242. The lowest BCUT2D eigenvalue weighted by molar-refractivity contribution is 0.0792. The zero-order valence-corrected chi connectivity index (χ0v) is 12.4. The number of benzene rings is 1. The number of thiophene rings is 1. The molecule has 0 aliphatic carbocycles. The summed E-state index contributed by atoms with van der Waals surface area (Å²) in [6.45, 7) is 2.17. The Bertz CT molecular complexity index is 638. The normalized spacial score (nSPS) is 18.2. The molecule has 3 nitrogen and oxygen atoms in total. The van der Waals surface area contributed by atoms with Crippen LogP contribution in [0.25, 0.3) is 10.4 Å². The van der Waals surface area contributed by atoms with Crippen LogP contribution in [0, 0.1) is 11.7 Å². The lowest BCUT2D eigenvalue weighted by atomic mass is 10.1. The molecule has 110 valence electrons. The Hall–Kier alpha value is -1.72. The first-order valence-electron chi connectivity index (χ1n) is 7.02. The van der Waals surface area contributed by atoms with Gasteiger partial charge in [-0.2, -0.15) is 0 Å². The van der Waals surface area contributed by atoms with E-state index >= 15 is 0 Å². The predicted octanol–water partition coefficient (Wildman–Crippen LogP) is 2.98. The van der Waals surface area contributed by atoms with Crippen molar-refractivity contribution >= 4 is 17.2 Å². The van der Waals surface area contributed by atoms with Crippen molar-refractivity contribution in [2.24, 2.45) is 11.7 Å². The second kappa shape index (κ2) is 5.95. The van der Waals surface area contributed by atoms with Gasteiger partial charge < -0.3 is 10.6 Å². The monoisotopic (exact) mass is 304 g/mol. The highest BCUT2D eigenvalue weighted by Crippen LogP contribution is 2.30. The molecule has 1 unspecified atom stereocenters. The number of likely N-dealkylation sites (tertiary alicyclic amines) is 1. The summed E-state index contributed by atoms with van der Waals surface area (Å²) in [5.41, 5.74) is 6.59. The molecule has 2 heterocycles. The molecule has 0 radical (unpaired) electrons. The molecule has 1 saturated heterocycles. The van der Waals surface area contributed by atoms with Gasteiger partial charge in [-0.3, -0.25) is 4.79 Å². The molecule has 3 rings (SSSR count). The topological polar surface area (TPSA) is 46.3 Å². The molecule has 1 aromatic carbocycles. The van der Waals surface area contributed by atoms with Crippen molar-refractivity contribution in [1.82, 2.24) is 4.90 Å². The second-order valence-electron chi connectivity index (χ2n) is 5.31. The predicted molar refractivity (Wildman–Crippen MR) is 82.8 cm³/mol. The number of hydrogen-bond acceptors (Lipinski definition) is 3. The van der Waals surface area contributed by atoms with Crippen molar-refractivity contribution in [3.05, 3.63) is 47.1 Å². The van der Waals surface area contributed by atoms with E-state index in [1.54, 1.807) is 12.1 Å². The number of nitrogens with zero attached hydrogens (tertiary/aromatic N) is 1. The van der Waals surface area contributed by atoms with Gasteiger partial charge in [-0.15, -0.1) is 11.3 Å². The van der Waals surface area contributed by atoms with Gasteiger partial charge in [0, 0.05) is 18.0 Å². The number of amides is 1. The molecular weight excluding hydrogens is 287 g/mol. The van der Waals surface area contributed by atoms with Gasteiger partial charge in [0.1, 0.15) is 5.82 Å². The molecule has 0 saturated carbocycles. The van der Waals surface area contributed by atoms with Crippen molar-refractivity contribution < 1.29 is 9.18 Å². The number of carbonyl (C=O) groups excluding carboxylic acids is 1. The van der Waals surface area contributed by atoms with Crippen LogP contribution >= 0.6 is 11.3 Å². The molecule has 1 aromatic heterocycles. The molecule has 1 aliphatic rings. The van der Waals surface area contributed by atoms with E-state index in [9.17, 15) is 9.18 Å². The fourth-order valence-corrected chi connectivity index (χ4v) is 3.57. The van der Waals surface area contributed by atoms with Gasteiger partial charge in [0.25, 0.3) is 5.91 Å². The van der Waals surface area contributed by atoms with E-state index in [2.05, 4.69) is 0 Å². The minimum absolute atomic E-state index is 0.0734. The van der Waals surface area contributed by atoms with Gasteiger partial charge >= 0.3 is 0 Å². The quantitative estimate of drug-likeness (QED) is 0.947. The van der Waals surface area contributed by atoms with E-state index in [0.717, 1.165) is 34.8 Å². The first-order chi connectivity index (χ1) is 10.2. The molecule has 1 fully saturated rings. The molecule has 1 atom stereocenters. The summed E-state index contributed by atoms with van der Waals surface area (Å²) in [5, 5.41) is 0. The smallest absolute Gasteiger partial charge is 0.263 e. The third kappa shape index (κ3) is 2.99. The standard InChI is InChI=1S/C16H17FN2OS/c17-13-3-1-12(2-4-13)14-5-6-15(21-14)16(20)19-8-7-11(9-18)10-19/h1-6,11H,7-10,18H2. The van der Waals surface area contributed by atoms with Gasteiger partial charge in [0.2, 0.25) is 0 Å². The molecule has 21 heavy (non-hydrogen) atoms. The fraction of sp³-hybridized carbons (Fsp3) is 0.312. The van der Waals surface area contributed by atoms with Gasteiger partial charge in [0.15, 0.2) is 0 Å². The first-order valence-corrected chi connectivity index (χ1v) is 7.84. The van der Waals surface area contributed by atoms with E-state index in [0.29, 0.717) is 12.5 Å². The lowest BCUT2D eigenvalue weighted by Crippen LogP contribution is -2.29. The Kier molecular flexibility index (Phi) is 4.03. The van der Waals surface area contributed by atoms with E-state index in [4.69, 9.17) is 5.73 Å². The van der Waals surface area contributed by atoms with Crippen LogP contribution in [-0.2, 0) is 0 Å². The maximum Gasteiger partial charge on any atom is 0.263 e. The highest BCUT2D eigenvalue weighted by Gasteiger charge is 2.26. The second-order valence-corrected chi connectivity index (χ2v) is 6.40. The van der Waals surface area contributed by atoms with Gasteiger partial charge in [-0.25, -0.2) is 4.39 Å². The SMILES string of the molecule is NCC1CCN(C(=O)c2ccc(-c3ccc(F)cc3)s2)C1. The minimum Gasteiger partial charge on any atom is -0.338 e. The van der Waals surface area contributed by atoms with E-state index in [1.807, 2.05) is 17.0 Å². The van der Waals surface area contributed by atoms with Crippen molar-refractivity contribution in [3.8, 4) is 10.4 Å². The maximum absolute atomic E-state index is 12.9. The third-order valence-electron chi connectivity index (χ3n) is 3.85. The largest absolute Gasteiger partial charge is 0.338 e. The zero-order chi connectivity index (χ0) is 14.8. The van der Waals surface area contributed by atoms with Crippen molar-refractivity contribution in [2.45, 2.75) is 6.42 Å². The minimum atomic E-state index is -0.253. The molecule has 0 spiro atoms. The van der Waals surface area contributed by atoms with Gasteiger partial charge in [0.05, 0.1) is 4.88 Å². The molecule has 1 amide bonds.